The first-order valence-corrected chi connectivity index (χ1v) is 8.53. The van der Waals surface area contributed by atoms with Crippen LogP contribution in [0.5, 0.6) is 0 Å². The normalized spacial score (nSPS) is 31.6. The van der Waals surface area contributed by atoms with Crippen molar-refractivity contribution in [3.63, 3.8) is 0 Å². The van der Waals surface area contributed by atoms with Crippen LogP contribution in [-0.2, 0) is 9.53 Å². The molecule has 1 N–H and O–H groups in total. The van der Waals surface area contributed by atoms with Crippen molar-refractivity contribution in [2.45, 2.75) is 39.2 Å². The highest BCUT2D eigenvalue weighted by atomic mass is 16.5. The zero-order valence-electron chi connectivity index (χ0n) is 13.9. The van der Waals surface area contributed by atoms with Crippen LogP contribution in [-0.4, -0.2) is 73.7 Å². The summed E-state index contributed by atoms with van der Waals surface area (Å²) >= 11 is 0. The van der Waals surface area contributed by atoms with Gasteiger partial charge in [-0.05, 0) is 51.9 Å². The summed E-state index contributed by atoms with van der Waals surface area (Å²) in [5, 5.41) is 3.59. The number of nitrogens with zero attached hydrogens (tertiary/aromatic N) is 2. The Kier molecular flexibility index (Phi) is 6.02. The first kappa shape index (κ1) is 16.7. The number of rotatable bonds is 8. The van der Waals surface area contributed by atoms with Gasteiger partial charge in [0.05, 0.1) is 6.61 Å². The van der Waals surface area contributed by atoms with Crippen molar-refractivity contribution >= 4 is 5.97 Å². The van der Waals surface area contributed by atoms with Crippen LogP contribution in [0, 0.1) is 5.92 Å². The maximum atomic E-state index is 12.6. The Morgan fingerprint density at radius 2 is 1.95 bits per heavy atom. The Labute approximate surface area is 129 Å². The van der Waals surface area contributed by atoms with Gasteiger partial charge < -0.3 is 14.5 Å². The van der Waals surface area contributed by atoms with E-state index in [-0.39, 0.29) is 5.97 Å². The highest BCUT2D eigenvalue weighted by molar-refractivity contribution is 5.82. The summed E-state index contributed by atoms with van der Waals surface area (Å²) in [5.74, 6) is 0.386. The van der Waals surface area contributed by atoms with Crippen LogP contribution in [0.25, 0.3) is 0 Å². The second-order valence-electron chi connectivity index (χ2n) is 6.20. The largest absolute Gasteiger partial charge is 0.465 e. The quantitative estimate of drug-likeness (QED) is 0.676. The number of ether oxygens (including phenoxy) is 1. The highest BCUT2D eigenvalue weighted by Gasteiger charge is 2.52. The predicted octanol–water partition coefficient (Wildman–Crippen LogP) is 0.945. The lowest BCUT2D eigenvalue weighted by molar-refractivity contribution is -0.160. The zero-order chi connectivity index (χ0) is 15.3. The van der Waals surface area contributed by atoms with E-state index < -0.39 is 5.54 Å². The minimum absolute atomic E-state index is 0.0426. The van der Waals surface area contributed by atoms with Crippen LogP contribution in [0.3, 0.4) is 0 Å². The van der Waals surface area contributed by atoms with Crippen molar-refractivity contribution in [2.24, 2.45) is 5.92 Å². The van der Waals surface area contributed by atoms with Gasteiger partial charge in [-0.15, -0.1) is 0 Å². The van der Waals surface area contributed by atoms with Gasteiger partial charge in [0.2, 0.25) is 0 Å². The Morgan fingerprint density at radius 1 is 1.29 bits per heavy atom. The molecule has 0 amide bonds. The van der Waals surface area contributed by atoms with Crippen molar-refractivity contribution in [1.29, 1.82) is 0 Å². The number of piperidine rings is 3. The topological polar surface area (TPSA) is 44.8 Å². The fraction of sp³-hybridized carbons (Fsp3) is 0.938. The van der Waals surface area contributed by atoms with Gasteiger partial charge in [0.1, 0.15) is 5.54 Å². The summed E-state index contributed by atoms with van der Waals surface area (Å²) in [7, 11) is 0. The van der Waals surface area contributed by atoms with Gasteiger partial charge in [0.15, 0.2) is 0 Å². The van der Waals surface area contributed by atoms with Crippen LogP contribution in [0.2, 0.25) is 0 Å². The van der Waals surface area contributed by atoms with Crippen molar-refractivity contribution in [2.75, 3.05) is 52.4 Å². The number of fused-ring (bicyclic) bond motifs is 3. The second-order valence-corrected chi connectivity index (χ2v) is 6.20. The maximum absolute atomic E-state index is 12.6. The Balaban J connectivity index is 2.01. The molecule has 1 atom stereocenters. The molecule has 3 heterocycles. The van der Waals surface area contributed by atoms with E-state index in [1.807, 2.05) is 6.92 Å². The molecule has 2 bridgehead atoms. The molecule has 3 fully saturated rings. The monoisotopic (exact) mass is 297 g/mol. The number of likely N-dealkylation sites (N-methyl/N-ethyl adjacent to an activating group) is 1. The fourth-order valence-corrected chi connectivity index (χ4v) is 3.81. The molecule has 3 aliphatic heterocycles. The van der Waals surface area contributed by atoms with Gasteiger partial charge in [-0.2, -0.15) is 0 Å². The average molecular weight is 297 g/mol. The van der Waals surface area contributed by atoms with Gasteiger partial charge in [-0.25, -0.2) is 4.79 Å². The lowest BCUT2D eigenvalue weighted by atomic mass is 9.72. The Bertz CT molecular complexity index is 338. The van der Waals surface area contributed by atoms with E-state index in [9.17, 15) is 4.79 Å². The summed E-state index contributed by atoms with van der Waals surface area (Å²) in [6, 6.07) is 0. The number of esters is 1. The Morgan fingerprint density at radius 3 is 2.43 bits per heavy atom. The van der Waals surface area contributed by atoms with E-state index in [2.05, 4.69) is 29.0 Å². The summed E-state index contributed by atoms with van der Waals surface area (Å²) < 4.78 is 5.41. The van der Waals surface area contributed by atoms with E-state index in [4.69, 9.17) is 4.74 Å². The van der Waals surface area contributed by atoms with E-state index in [0.29, 0.717) is 12.5 Å². The molecule has 0 aromatic rings. The van der Waals surface area contributed by atoms with E-state index in [1.165, 1.54) is 0 Å². The third kappa shape index (κ3) is 3.58. The van der Waals surface area contributed by atoms with Gasteiger partial charge >= 0.3 is 5.97 Å². The van der Waals surface area contributed by atoms with E-state index in [0.717, 1.165) is 58.7 Å². The molecule has 3 aliphatic rings. The van der Waals surface area contributed by atoms with Crippen LogP contribution < -0.4 is 5.32 Å². The third-order valence-electron chi connectivity index (χ3n) is 5.16. The minimum Gasteiger partial charge on any atom is -0.465 e. The van der Waals surface area contributed by atoms with Gasteiger partial charge in [0.25, 0.3) is 0 Å². The van der Waals surface area contributed by atoms with Crippen molar-refractivity contribution in [1.82, 2.24) is 15.1 Å². The molecular weight excluding hydrogens is 266 g/mol. The number of carbonyl (C=O) groups is 1. The third-order valence-corrected chi connectivity index (χ3v) is 5.16. The van der Waals surface area contributed by atoms with Crippen molar-refractivity contribution in [3.8, 4) is 0 Å². The smallest absolute Gasteiger partial charge is 0.327 e. The summed E-state index contributed by atoms with van der Waals surface area (Å²) in [5.41, 5.74) is -0.473. The maximum Gasteiger partial charge on any atom is 0.327 e. The molecule has 1 unspecified atom stereocenters. The van der Waals surface area contributed by atoms with Crippen molar-refractivity contribution < 1.29 is 9.53 Å². The van der Waals surface area contributed by atoms with Crippen LogP contribution in [0.15, 0.2) is 0 Å². The SMILES string of the molecule is CCOC(=O)C1(NCCN(CC)CC)CN2CCC1CC2. The molecule has 5 heteroatoms. The van der Waals surface area contributed by atoms with Crippen molar-refractivity contribution in [3.05, 3.63) is 0 Å². The predicted molar refractivity (Wildman–Crippen MR) is 84.3 cm³/mol. The van der Waals surface area contributed by atoms with E-state index >= 15 is 0 Å². The molecule has 5 nitrogen and oxygen atoms in total. The van der Waals surface area contributed by atoms with Crippen LogP contribution in [0.1, 0.15) is 33.6 Å². The summed E-state index contributed by atoms with van der Waals surface area (Å²) in [6.45, 7) is 13.7. The molecule has 0 aliphatic carbocycles. The molecule has 21 heavy (non-hydrogen) atoms. The molecule has 122 valence electrons. The standard InChI is InChI=1S/C16H31N3O2/c1-4-18(5-2)12-9-17-16(15(20)21-6-3)13-19-10-7-14(16)8-11-19/h14,17H,4-13H2,1-3H3. The lowest BCUT2D eigenvalue weighted by Gasteiger charge is -2.52. The van der Waals surface area contributed by atoms with Crippen LogP contribution in [0.4, 0.5) is 0 Å². The molecule has 0 aromatic carbocycles. The zero-order valence-corrected chi connectivity index (χ0v) is 13.9. The van der Waals surface area contributed by atoms with E-state index in [1.54, 1.807) is 0 Å². The summed E-state index contributed by atoms with van der Waals surface area (Å²) in [6.07, 6.45) is 2.22. The molecular formula is C16H31N3O2. The molecule has 3 saturated heterocycles. The first-order valence-electron chi connectivity index (χ1n) is 8.53. The molecule has 0 spiro atoms. The fourth-order valence-electron chi connectivity index (χ4n) is 3.81. The molecule has 0 saturated carbocycles. The average Bonchev–Trinajstić information content (AvgIpc) is 2.53. The number of hydrogen-bond acceptors (Lipinski definition) is 5. The number of nitrogens with one attached hydrogen (secondary N) is 1. The number of hydrogen-bond donors (Lipinski definition) is 1. The number of carbonyl (C=O) groups excluding carboxylic acids is 1. The lowest BCUT2D eigenvalue weighted by Crippen LogP contribution is -2.70. The van der Waals surface area contributed by atoms with Gasteiger partial charge in [-0.3, -0.25) is 5.32 Å². The molecule has 0 radical (unpaired) electrons. The van der Waals surface area contributed by atoms with Gasteiger partial charge in [0, 0.05) is 19.6 Å². The minimum atomic E-state index is -0.473. The van der Waals surface area contributed by atoms with Gasteiger partial charge in [-0.1, -0.05) is 13.8 Å². The Hall–Kier alpha value is -0.650. The highest BCUT2D eigenvalue weighted by Crippen LogP contribution is 2.36. The summed E-state index contributed by atoms with van der Waals surface area (Å²) in [4.78, 5) is 17.4. The molecule has 0 aromatic heterocycles. The van der Waals surface area contributed by atoms with Crippen LogP contribution >= 0.6 is 0 Å². The first-order chi connectivity index (χ1) is 10.2. The molecule has 3 rings (SSSR count). The second kappa shape index (κ2) is 7.56.